The molecule has 0 aliphatic carbocycles. The van der Waals surface area contributed by atoms with E-state index in [4.69, 9.17) is 16.3 Å². The van der Waals surface area contributed by atoms with Gasteiger partial charge in [0.25, 0.3) is 5.91 Å². The molecule has 0 atom stereocenters. The van der Waals surface area contributed by atoms with Gasteiger partial charge in [-0.1, -0.05) is 23.7 Å². The van der Waals surface area contributed by atoms with Crippen LogP contribution in [0.15, 0.2) is 48.5 Å². The minimum Gasteiger partial charge on any atom is -0.494 e. The molecule has 0 aromatic heterocycles. The number of benzene rings is 2. The number of nitrogens with zero attached hydrogens (tertiary/aromatic N) is 2. The Morgan fingerprint density at radius 1 is 1.00 bits per heavy atom. The topological polar surface area (TPSA) is 49.9 Å². The highest BCUT2D eigenvalue weighted by Gasteiger charge is 2.13. The zero-order valence-electron chi connectivity index (χ0n) is 16.7. The molecular formula is C22H27ClN2O3. The monoisotopic (exact) mass is 402 g/mol. The predicted octanol–water partition coefficient (Wildman–Crippen LogP) is 4.25. The van der Waals surface area contributed by atoms with Crippen molar-refractivity contribution < 1.29 is 14.3 Å². The Morgan fingerprint density at radius 3 is 2.21 bits per heavy atom. The van der Waals surface area contributed by atoms with Crippen molar-refractivity contribution in [2.24, 2.45) is 0 Å². The van der Waals surface area contributed by atoms with Gasteiger partial charge >= 0.3 is 0 Å². The Kier molecular flexibility index (Phi) is 8.33. The molecule has 2 aromatic rings. The van der Waals surface area contributed by atoms with Gasteiger partial charge in [-0.25, -0.2) is 0 Å². The summed E-state index contributed by atoms with van der Waals surface area (Å²) in [7, 11) is 3.45. The first kappa shape index (κ1) is 21.8. The molecule has 0 aliphatic heterocycles. The third kappa shape index (κ3) is 6.57. The Bertz CT molecular complexity index is 773. The maximum Gasteiger partial charge on any atom is 0.253 e. The van der Waals surface area contributed by atoms with Crippen LogP contribution in [0.5, 0.6) is 5.75 Å². The third-order valence-corrected chi connectivity index (χ3v) is 4.58. The molecule has 6 heteroatoms. The van der Waals surface area contributed by atoms with Gasteiger partial charge in [0.1, 0.15) is 5.75 Å². The van der Waals surface area contributed by atoms with E-state index in [0.717, 1.165) is 11.3 Å². The normalized spacial score (nSPS) is 10.4. The van der Waals surface area contributed by atoms with Crippen molar-refractivity contribution in [3.05, 3.63) is 64.7 Å². The van der Waals surface area contributed by atoms with Crippen LogP contribution in [0.2, 0.25) is 5.02 Å². The van der Waals surface area contributed by atoms with Crippen LogP contribution in [0, 0.1) is 0 Å². The molecule has 28 heavy (non-hydrogen) atoms. The van der Waals surface area contributed by atoms with Crippen molar-refractivity contribution >= 4 is 23.4 Å². The lowest BCUT2D eigenvalue weighted by Gasteiger charge is -2.21. The average Bonchev–Trinajstić information content (AvgIpc) is 2.70. The summed E-state index contributed by atoms with van der Waals surface area (Å²) >= 11 is 5.85. The zero-order chi connectivity index (χ0) is 20.5. The number of carbonyl (C=O) groups excluding carboxylic acids is 2. The van der Waals surface area contributed by atoms with E-state index in [1.165, 1.54) is 0 Å². The van der Waals surface area contributed by atoms with Crippen LogP contribution in [-0.4, -0.2) is 48.9 Å². The minimum atomic E-state index is -0.0318. The highest BCUT2D eigenvalue weighted by molar-refractivity contribution is 6.30. The highest BCUT2D eigenvalue weighted by atomic mass is 35.5. The molecule has 2 rings (SSSR count). The van der Waals surface area contributed by atoms with Gasteiger partial charge in [-0.3, -0.25) is 9.59 Å². The van der Waals surface area contributed by atoms with E-state index in [0.29, 0.717) is 43.1 Å². The van der Waals surface area contributed by atoms with E-state index in [-0.39, 0.29) is 11.8 Å². The van der Waals surface area contributed by atoms with Crippen LogP contribution < -0.4 is 4.74 Å². The summed E-state index contributed by atoms with van der Waals surface area (Å²) in [6, 6.07) is 14.6. The second kappa shape index (κ2) is 10.7. The van der Waals surface area contributed by atoms with Crippen molar-refractivity contribution in [1.82, 2.24) is 9.80 Å². The van der Waals surface area contributed by atoms with Gasteiger partial charge < -0.3 is 14.5 Å². The molecular weight excluding hydrogens is 376 g/mol. The van der Waals surface area contributed by atoms with E-state index < -0.39 is 0 Å². The molecule has 0 N–H and O–H groups in total. The number of halogens is 1. The first-order chi connectivity index (χ1) is 13.4. The van der Waals surface area contributed by atoms with Crippen LogP contribution in [-0.2, 0) is 11.3 Å². The van der Waals surface area contributed by atoms with Crippen LogP contribution >= 0.6 is 11.6 Å². The van der Waals surface area contributed by atoms with Gasteiger partial charge in [0.15, 0.2) is 0 Å². The smallest absolute Gasteiger partial charge is 0.253 e. The number of amides is 2. The molecule has 0 unspecified atom stereocenters. The van der Waals surface area contributed by atoms with Gasteiger partial charge in [0.05, 0.1) is 6.61 Å². The number of carbonyl (C=O) groups is 2. The standard InChI is InChI=1S/C22H27ClN2O3/c1-4-25(16-17-7-9-18(10-8-17)22(27)24(2)3)21(26)6-5-15-28-20-13-11-19(23)12-14-20/h7-14H,4-6,15-16H2,1-3H3. The summed E-state index contributed by atoms with van der Waals surface area (Å²) in [6.07, 6.45) is 1.08. The quantitative estimate of drug-likeness (QED) is 0.589. The van der Waals surface area contributed by atoms with Crippen LogP contribution in [0.25, 0.3) is 0 Å². The summed E-state index contributed by atoms with van der Waals surface area (Å²) < 4.78 is 5.63. The average molecular weight is 403 g/mol. The Balaban J connectivity index is 1.80. The molecule has 2 aromatic carbocycles. The Hall–Kier alpha value is -2.53. The van der Waals surface area contributed by atoms with Gasteiger partial charge in [-0.05, 0) is 55.3 Å². The van der Waals surface area contributed by atoms with Gasteiger partial charge in [-0.15, -0.1) is 0 Å². The first-order valence-corrected chi connectivity index (χ1v) is 9.75. The molecule has 0 aliphatic rings. The van der Waals surface area contributed by atoms with E-state index in [1.807, 2.05) is 36.1 Å². The lowest BCUT2D eigenvalue weighted by molar-refractivity contribution is -0.131. The van der Waals surface area contributed by atoms with E-state index in [2.05, 4.69) is 0 Å². The maximum atomic E-state index is 12.5. The number of hydrogen-bond acceptors (Lipinski definition) is 3. The fourth-order valence-corrected chi connectivity index (χ4v) is 2.84. The Labute approximate surface area is 171 Å². The lowest BCUT2D eigenvalue weighted by atomic mass is 10.1. The maximum absolute atomic E-state index is 12.5. The van der Waals surface area contributed by atoms with E-state index in [1.54, 1.807) is 43.3 Å². The van der Waals surface area contributed by atoms with E-state index in [9.17, 15) is 9.59 Å². The molecule has 150 valence electrons. The largest absolute Gasteiger partial charge is 0.494 e. The van der Waals surface area contributed by atoms with E-state index >= 15 is 0 Å². The van der Waals surface area contributed by atoms with Gasteiger partial charge in [-0.2, -0.15) is 0 Å². The van der Waals surface area contributed by atoms with Crippen LogP contribution in [0.4, 0.5) is 0 Å². The molecule has 0 heterocycles. The summed E-state index contributed by atoms with van der Waals surface area (Å²) in [6.45, 7) is 3.61. The molecule has 0 saturated carbocycles. The predicted molar refractivity (Wildman–Crippen MR) is 112 cm³/mol. The van der Waals surface area contributed by atoms with Crippen LogP contribution in [0.1, 0.15) is 35.7 Å². The number of ether oxygens (including phenoxy) is 1. The summed E-state index contributed by atoms with van der Waals surface area (Å²) in [4.78, 5) is 27.8. The molecule has 0 fully saturated rings. The molecule has 0 saturated heterocycles. The van der Waals surface area contributed by atoms with Crippen molar-refractivity contribution in [2.75, 3.05) is 27.2 Å². The zero-order valence-corrected chi connectivity index (χ0v) is 17.4. The molecule has 5 nitrogen and oxygen atoms in total. The Morgan fingerprint density at radius 2 is 1.64 bits per heavy atom. The number of rotatable bonds is 9. The second-order valence-corrected chi connectivity index (χ2v) is 7.15. The van der Waals surface area contributed by atoms with Crippen LogP contribution in [0.3, 0.4) is 0 Å². The summed E-state index contributed by atoms with van der Waals surface area (Å²) in [5.74, 6) is 0.808. The molecule has 2 amide bonds. The van der Waals surface area contributed by atoms with Gasteiger partial charge in [0, 0.05) is 44.2 Å². The minimum absolute atomic E-state index is 0.0318. The highest BCUT2D eigenvalue weighted by Crippen LogP contribution is 2.16. The summed E-state index contributed by atoms with van der Waals surface area (Å²) in [5.41, 5.74) is 1.64. The first-order valence-electron chi connectivity index (χ1n) is 9.37. The van der Waals surface area contributed by atoms with Crippen molar-refractivity contribution in [2.45, 2.75) is 26.3 Å². The lowest BCUT2D eigenvalue weighted by Crippen LogP contribution is -2.30. The second-order valence-electron chi connectivity index (χ2n) is 6.71. The van der Waals surface area contributed by atoms with Crippen molar-refractivity contribution in [3.63, 3.8) is 0 Å². The number of hydrogen-bond donors (Lipinski definition) is 0. The SMILES string of the molecule is CCN(Cc1ccc(C(=O)N(C)C)cc1)C(=O)CCCOc1ccc(Cl)cc1. The van der Waals surface area contributed by atoms with Gasteiger partial charge in [0.2, 0.25) is 5.91 Å². The van der Waals surface area contributed by atoms with Crippen molar-refractivity contribution in [3.8, 4) is 5.75 Å². The fourth-order valence-electron chi connectivity index (χ4n) is 2.71. The summed E-state index contributed by atoms with van der Waals surface area (Å²) in [5, 5.41) is 0.667. The fraction of sp³-hybridized carbons (Fsp3) is 0.364. The molecule has 0 bridgehead atoms. The van der Waals surface area contributed by atoms with Crippen molar-refractivity contribution in [1.29, 1.82) is 0 Å². The molecule has 0 radical (unpaired) electrons. The third-order valence-electron chi connectivity index (χ3n) is 4.33. The molecule has 0 spiro atoms.